The van der Waals surface area contributed by atoms with Crippen molar-refractivity contribution in [1.82, 2.24) is 4.90 Å². The first kappa shape index (κ1) is 14.1. The smallest absolute Gasteiger partial charge is 0.471 e. The predicted molar refractivity (Wildman–Crippen MR) is 51.4 cm³/mol. The molecule has 1 heterocycles. The van der Waals surface area contributed by atoms with Gasteiger partial charge in [0.1, 0.15) is 5.54 Å². The van der Waals surface area contributed by atoms with Crippen molar-refractivity contribution in [2.24, 2.45) is 5.11 Å². The van der Waals surface area contributed by atoms with Gasteiger partial charge in [0.2, 0.25) is 0 Å². The Hall–Kier alpha value is -1.96. The number of carbonyl (C=O) groups excluding carboxylic acids is 1. The van der Waals surface area contributed by atoms with Crippen molar-refractivity contribution in [2.75, 3.05) is 13.1 Å². The Bertz CT molecular complexity index is 404. The van der Waals surface area contributed by atoms with E-state index in [-0.39, 0.29) is 12.8 Å². The molecule has 0 bridgehead atoms. The highest BCUT2D eigenvalue weighted by Crippen LogP contribution is 2.29. The number of halogens is 3. The Morgan fingerprint density at radius 3 is 2.17 bits per heavy atom. The average Bonchev–Trinajstić information content (AvgIpc) is 2.28. The van der Waals surface area contributed by atoms with Crippen molar-refractivity contribution in [3.05, 3.63) is 10.4 Å². The van der Waals surface area contributed by atoms with Gasteiger partial charge in [0.25, 0.3) is 0 Å². The van der Waals surface area contributed by atoms with E-state index in [4.69, 9.17) is 10.6 Å². The number of hydrogen-bond acceptors (Lipinski definition) is 3. The Balaban J connectivity index is 2.79. The molecule has 0 aromatic heterocycles. The van der Waals surface area contributed by atoms with Crippen molar-refractivity contribution >= 4 is 11.9 Å². The van der Waals surface area contributed by atoms with Crippen LogP contribution in [-0.2, 0) is 9.59 Å². The van der Waals surface area contributed by atoms with Gasteiger partial charge in [-0.25, -0.2) is 0 Å². The molecule has 0 aliphatic carbocycles. The average molecular weight is 266 g/mol. The molecule has 0 spiro atoms. The van der Waals surface area contributed by atoms with Gasteiger partial charge in [-0.3, -0.25) is 9.59 Å². The second-order valence-electron chi connectivity index (χ2n) is 3.82. The highest BCUT2D eigenvalue weighted by Gasteiger charge is 2.47. The van der Waals surface area contributed by atoms with Crippen LogP contribution in [0.15, 0.2) is 5.11 Å². The third-order valence-electron chi connectivity index (χ3n) is 2.75. The van der Waals surface area contributed by atoms with Crippen LogP contribution in [0, 0.1) is 0 Å². The highest BCUT2D eigenvalue weighted by atomic mass is 19.4. The van der Waals surface area contributed by atoms with Gasteiger partial charge in [-0.2, -0.15) is 13.2 Å². The summed E-state index contributed by atoms with van der Waals surface area (Å²) in [6.07, 6.45) is -5.66. The Labute approximate surface area is 98.8 Å². The van der Waals surface area contributed by atoms with Crippen molar-refractivity contribution < 1.29 is 27.9 Å². The maximum Gasteiger partial charge on any atom is 0.471 e. The SMILES string of the molecule is [N-]=[N+]=NC1(C(=O)O)CCN(C(=O)C(F)(F)F)CC1. The number of rotatable bonds is 2. The fourth-order valence-electron chi connectivity index (χ4n) is 1.70. The predicted octanol–water partition coefficient (Wildman–Crippen LogP) is 1.30. The molecule has 0 unspecified atom stereocenters. The molecular formula is C8H9F3N4O3. The summed E-state index contributed by atoms with van der Waals surface area (Å²) in [7, 11) is 0. The van der Waals surface area contributed by atoms with Crippen LogP contribution in [0.3, 0.4) is 0 Å². The fraction of sp³-hybridized carbons (Fsp3) is 0.750. The van der Waals surface area contributed by atoms with Crippen molar-refractivity contribution in [3.8, 4) is 0 Å². The molecule has 1 amide bonds. The summed E-state index contributed by atoms with van der Waals surface area (Å²) in [5.41, 5.74) is 6.50. The van der Waals surface area contributed by atoms with Crippen LogP contribution in [0.1, 0.15) is 12.8 Å². The topological polar surface area (TPSA) is 106 Å². The molecule has 18 heavy (non-hydrogen) atoms. The van der Waals surface area contributed by atoms with E-state index < -0.39 is 36.7 Å². The van der Waals surface area contributed by atoms with Crippen molar-refractivity contribution in [3.63, 3.8) is 0 Å². The first-order valence-corrected chi connectivity index (χ1v) is 4.89. The van der Waals surface area contributed by atoms with Crippen LogP contribution >= 0.6 is 0 Å². The van der Waals surface area contributed by atoms with E-state index in [0.717, 1.165) is 0 Å². The van der Waals surface area contributed by atoms with Gasteiger partial charge in [-0.1, -0.05) is 5.11 Å². The number of hydrogen-bond donors (Lipinski definition) is 1. The quantitative estimate of drug-likeness (QED) is 0.462. The molecule has 1 N–H and O–H groups in total. The Kier molecular flexibility index (Phi) is 3.70. The number of amides is 1. The summed E-state index contributed by atoms with van der Waals surface area (Å²) >= 11 is 0. The van der Waals surface area contributed by atoms with Crippen LogP contribution < -0.4 is 0 Å². The summed E-state index contributed by atoms with van der Waals surface area (Å²) in [4.78, 5) is 24.8. The number of carboxylic acid groups (broad SMARTS) is 1. The first-order valence-electron chi connectivity index (χ1n) is 4.89. The van der Waals surface area contributed by atoms with Crippen LogP contribution in [0.2, 0.25) is 0 Å². The number of piperidine rings is 1. The van der Waals surface area contributed by atoms with Crippen LogP contribution in [-0.4, -0.2) is 46.7 Å². The zero-order valence-electron chi connectivity index (χ0n) is 9.01. The summed E-state index contributed by atoms with van der Waals surface area (Å²) in [6, 6.07) is 0. The van der Waals surface area contributed by atoms with Gasteiger partial charge in [0, 0.05) is 18.0 Å². The Morgan fingerprint density at radius 1 is 1.33 bits per heavy atom. The summed E-state index contributed by atoms with van der Waals surface area (Å²) < 4.78 is 36.4. The molecule has 1 fully saturated rings. The molecule has 1 rings (SSSR count). The maximum absolute atomic E-state index is 12.1. The molecule has 0 aromatic rings. The number of alkyl halides is 3. The van der Waals surface area contributed by atoms with Crippen LogP contribution in [0.4, 0.5) is 13.2 Å². The normalized spacial score (nSPS) is 18.9. The molecule has 7 nitrogen and oxygen atoms in total. The number of carbonyl (C=O) groups is 2. The van der Waals surface area contributed by atoms with Gasteiger partial charge in [0.05, 0.1) is 0 Å². The van der Waals surface area contributed by atoms with Crippen LogP contribution in [0.25, 0.3) is 10.4 Å². The third-order valence-corrected chi connectivity index (χ3v) is 2.75. The lowest BCUT2D eigenvalue weighted by molar-refractivity contribution is -0.187. The zero-order chi connectivity index (χ0) is 14.0. The first-order chi connectivity index (χ1) is 8.23. The van der Waals surface area contributed by atoms with E-state index in [9.17, 15) is 22.8 Å². The number of aliphatic carboxylic acids is 1. The molecular weight excluding hydrogens is 257 g/mol. The zero-order valence-corrected chi connectivity index (χ0v) is 9.01. The molecule has 100 valence electrons. The number of carboxylic acids is 1. The van der Waals surface area contributed by atoms with Gasteiger partial charge < -0.3 is 10.0 Å². The minimum Gasteiger partial charge on any atom is -0.481 e. The lowest BCUT2D eigenvalue weighted by Crippen LogP contribution is -2.52. The van der Waals surface area contributed by atoms with Gasteiger partial charge in [0.15, 0.2) is 0 Å². The van der Waals surface area contributed by atoms with Crippen molar-refractivity contribution in [1.29, 1.82) is 0 Å². The molecule has 1 aliphatic rings. The maximum atomic E-state index is 12.1. The largest absolute Gasteiger partial charge is 0.481 e. The van der Waals surface area contributed by atoms with Gasteiger partial charge in [-0.05, 0) is 18.4 Å². The van der Waals surface area contributed by atoms with E-state index in [1.807, 2.05) is 0 Å². The molecule has 10 heteroatoms. The minimum absolute atomic E-state index is 0.339. The van der Waals surface area contributed by atoms with E-state index in [0.29, 0.717) is 4.90 Å². The van der Waals surface area contributed by atoms with E-state index >= 15 is 0 Å². The third kappa shape index (κ3) is 2.65. The number of azide groups is 1. The monoisotopic (exact) mass is 266 g/mol. The second-order valence-corrected chi connectivity index (χ2v) is 3.82. The van der Waals surface area contributed by atoms with Gasteiger partial charge >= 0.3 is 18.1 Å². The summed E-state index contributed by atoms with van der Waals surface area (Å²) in [6.45, 7) is -0.826. The van der Waals surface area contributed by atoms with Crippen molar-refractivity contribution in [2.45, 2.75) is 24.6 Å². The second kappa shape index (κ2) is 4.73. The molecule has 0 aromatic carbocycles. The molecule has 1 saturated heterocycles. The summed E-state index contributed by atoms with van der Waals surface area (Å²) in [5.74, 6) is -3.41. The minimum atomic E-state index is -4.98. The fourth-order valence-corrected chi connectivity index (χ4v) is 1.70. The number of likely N-dealkylation sites (tertiary alicyclic amines) is 1. The highest BCUT2D eigenvalue weighted by molar-refractivity contribution is 5.83. The summed E-state index contributed by atoms with van der Waals surface area (Å²) in [5, 5.41) is 12.0. The van der Waals surface area contributed by atoms with E-state index in [1.165, 1.54) is 0 Å². The number of nitrogens with zero attached hydrogens (tertiary/aromatic N) is 4. The van der Waals surface area contributed by atoms with E-state index in [2.05, 4.69) is 10.0 Å². The lowest BCUT2D eigenvalue weighted by Gasteiger charge is -2.35. The Morgan fingerprint density at radius 2 is 1.83 bits per heavy atom. The molecule has 1 aliphatic heterocycles. The molecule has 0 saturated carbocycles. The lowest BCUT2D eigenvalue weighted by atomic mass is 9.88. The molecule has 0 atom stereocenters. The standard InChI is InChI=1S/C8H9F3N4O3/c9-8(10,11)5(16)15-3-1-7(2-4-15,6(17)18)13-14-12/h1-4H2,(H,17,18). The molecule has 0 radical (unpaired) electrons. The van der Waals surface area contributed by atoms with Gasteiger partial charge in [-0.15, -0.1) is 0 Å². The van der Waals surface area contributed by atoms with E-state index in [1.54, 1.807) is 0 Å². The van der Waals surface area contributed by atoms with Crippen LogP contribution in [0.5, 0.6) is 0 Å².